The van der Waals surface area contributed by atoms with Crippen molar-refractivity contribution in [3.63, 3.8) is 0 Å². The van der Waals surface area contributed by atoms with Crippen LogP contribution in [0.1, 0.15) is 24.2 Å². The van der Waals surface area contributed by atoms with E-state index in [1.807, 2.05) is 0 Å². The summed E-state index contributed by atoms with van der Waals surface area (Å²) >= 11 is 12.0. The molecule has 6 nitrogen and oxygen atoms in total. The fourth-order valence-electron chi connectivity index (χ4n) is 2.23. The van der Waals surface area contributed by atoms with E-state index in [0.717, 1.165) is 4.52 Å². The summed E-state index contributed by atoms with van der Waals surface area (Å²) in [5.74, 6) is -0.320. The zero-order valence-corrected chi connectivity index (χ0v) is 14.0. The van der Waals surface area contributed by atoms with Crippen LogP contribution in [0.3, 0.4) is 0 Å². The second-order valence-electron chi connectivity index (χ2n) is 5.22. The van der Waals surface area contributed by atoms with Crippen LogP contribution >= 0.6 is 23.2 Å². The lowest BCUT2D eigenvalue weighted by molar-refractivity contribution is -0.141. The highest BCUT2D eigenvalue weighted by molar-refractivity contribution is 6.35. The molecule has 0 fully saturated rings. The van der Waals surface area contributed by atoms with Crippen molar-refractivity contribution in [1.29, 1.82) is 0 Å². The van der Waals surface area contributed by atoms with Gasteiger partial charge in [0.15, 0.2) is 5.69 Å². The summed E-state index contributed by atoms with van der Waals surface area (Å²) in [5.41, 5.74) is -1.53. The third-order valence-corrected chi connectivity index (χ3v) is 3.97. The van der Waals surface area contributed by atoms with Crippen LogP contribution in [-0.2, 0) is 6.18 Å². The van der Waals surface area contributed by atoms with E-state index >= 15 is 0 Å². The molecule has 25 heavy (non-hydrogen) atoms. The molecule has 11 heteroatoms. The Morgan fingerprint density at radius 3 is 2.60 bits per heavy atom. The number of anilines is 1. The molecule has 0 amide bonds. The Hall–Kier alpha value is -2.26. The van der Waals surface area contributed by atoms with Gasteiger partial charge in [-0.2, -0.15) is 22.7 Å². The molecule has 1 aromatic carbocycles. The first kappa shape index (κ1) is 17.6. The molecule has 132 valence electrons. The Kier molecular flexibility index (Phi) is 4.38. The molecule has 3 rings (SSSR count). The van der Waals surface area contributed by atoms with Gasteiger partial charge in [-0.25, -0.2) is 4.98 Å². The summed E-state index contributed by atoms with van der Waals surface area (Å²) in [6.07, 6.45) is -4.73. The first-order valence-corrected chi connectivity index (χ1v) is 7.69. The summed E-state index contributed by atoms with van der Waals surface area (Å²) in [6.45, 7) is 1.76. The van der Waals surface area contributed by atoms with E-state index in [4.69, 9.17) is 23.2 Å². The fraction of sp³-hybridized carbons (Fsp3) is 0.214. The van der Waals surface area contributed by atoms with E-state index in [1.54, 1.807) is 25.1 Å². The van der Waals surface area contributed by atoms with E-state index in [-0.39, 0.29) is 12.0 Å². The minimum atomic E-state index is -4.73. The number of hydrogen-bond donors (Lipinski definition) is 2. The van der Waals surface area contributed by atoms with E-state index in [0.29, 0.717) is 21.7 Å². The molecule has 2 aromatic heterocycles. The molecule has 1 unspecified atom stereocenters. The first-order chi connectivity index (χ1) is 11.6. The summed E-state index contributed by atoms with van der Waals surface area (Å²) in [4.78, 5) is 19.0. The Morgan fingerprint density at radius 2 is 1.96 bits per heavy atom. The van der Waals surface area contributed by atoms with Crippen LogP contribution in [0, 0.1) is 0 Å². The molecule has 0 radical (unpaired) electrons. The monoisotopic (exact) mass is 391 g/mol. The maximum atomic E-state index is 12.7. The number of H-pyrrole nitrogens is 1. The number of nitrogens with one attached hydrogen (secondary N) is 2. The topological polar surface area (TPSA) is 75.1 Å². The SMILES string of the molecule is CC(Nc1nc2nc(C(F)(F)F)cc(=O)n2[nH]1)c1ccc(Cl)cc1Cl. The van der Waals surface area contributed by atoms with Crippen molar-refractivity contribution in [2.45, 2.75) is 19.1 Å². The van der Waals surface area contributed by atoms with Gasteiger partial charge in [0.05, 0.1) is 6.04 Å². The fourth-order valence-corrected chi connectivity index (χ4v) is 2.80. The first-order valence-electron chi connectivity index (χ1n) is 6.93. The molecule has 0 aliphatic rings. The molecule has 0 saturated heterocycles. The van der Waals surface area contributed by atoms with Gasteiger partial charge in [0.1, 0.15) is 0 Å². The van der Waals surface area contributed by atoms with Crippen molar-refractivity contribution in [2.24, 2.45) is 0 Å². The second-order valence-corrected chi connectivity index (χ2v) is 6.06. The van der Waals surface area contributed by atoms with Crippen molar-refractivity contribution in [3.05, 3.63) is 55.9 Å². The van der Waals surface area contributed by atoms with Gasteiger partial charge >= 0.3 is 6.18 Å². The number of halogens is 5. The molecule has 0 saturated carbocycles. The van der Waals surface area contributed by atoms with Crippen molar-refractivity contribution in [3.8, 4) is 0 Å². The van der Waals surface area contributed by atoms with E-state index < -0.39 is 23.2 Å². The van der Waals surface area contributed by atoms with Crippen molar-refractivity contribution >= 4 is 34.9 Å². The molecule has 1 atom stereocenters. The minimum absolute atomic E-state index is 0.0717. The average Bonchev–Trinajstić information content (AvgIpc) is 2.89. The Bertz CT molecular complexity index is 998. The summed E-state index contributed by atoms with van der Waals surface area (Å²) in [5, 5.41) is 6.36. The highest BCUT2D eigenvalue weighted by Crippen LogP contribution is 2.28. The minimum Gasteiger partial charge on any atom is -0.348 e. The highest BCUT2D eigenvalue weighted by Gasteiger charge is 2.34. The lowest BCUT2D eigenvalue weighted by atomic mass is 10.1. The van der Waals surface area contributed by atoms with Gasteiger partial charge in [-0.05, 0) is 24.6 Å². The summed E-state index contributed by atoms with van der Waals surface area (Å²) in [7, 11) is 0. The van der Waals surface area contributed by atoms with Gasteiger partial charge in [-0.3, -0.25) is 9.89 Å². The Morgan fingerprint density at radius 1 is 1.24 bits per heavy atom. The molecule has 0 spiro atoms. The zero-order chi connectivity index (χ0) is 18.4. The number of nitrogens with zero attached hydrogens (tertiary/aromatic N) is 3. The number of benzene rings is 1. The molecular formula is C14H10Cl2F3N5O. The maximum absolute atomic E-state index is 12.7. The van der Waals surface area contributed by atoms with E-state index in [2.05, 4.69) is 20.4 Å². The van der Waals surface area contributed by atoms with Gasteiger partial charge < -0.3 is 5.32 Å². The summed E-state index contributed by atoms with van der Waals surface area (Å²) < 4.78 is 39.0. The lowest BCUT2D eigenvalue weighted by Gasteiger charge is -2.14. The number of aromatic amines is 1. The van der Waals surface area contributed by atoms with Gasteiger partial charge in [0.25, 0.3) is 11.3 Å². The molecule has 0 aliphatic heterocycles. The standard InChI is InChI=1S/C14H10Cl2F3N5O/c1-6(8-3-2-7(15)4-9(8)16)20-12-22-13-21-10(14(17,18)19)5-11(25)24(13)23-12/h2-6H,1H3,(H2,20,21,22,23). The van der Waals surface area contributed by atoms with Crippen LogP contribution in [0.2, 0.25) is 10.0 Å². The smallest absolute Gasteiger partial charge is 0.348 e. The van der Waals surface area contributed by atoms with Crippen LogP contribution in [0.25, 0.3) is 5.78 Å². The zero-order valence-electron chi connectivity index (χ0n) is 12.5. The van der Waals surface area contributed by atoms with Crippen molar-refractivity contribution < 1.29 is 13.2 Å². The quantitative estimate of drug-likeness (QED) is 0.709. The molecule has 0 aliphatic carbocycles. The normalized spacial score (nSPS) is 13.2. The Balaban J connectivity index is 1.94. The van der Waals surface area contributed by atoms with Gasteiger partial charge in [-0.15, -0.1) is 0 Å². The Labute approximate surface area is 148 Å². The summed E-state index contributed by atoms with van der Waals surface area (Å²) in [6, 6.07) is 4.96. The predicted octanol–water partition coefficient (Wildman–Crippen LogP) is 3.92. The van der Waals surface area contributed by atoms with Crippen LogP contribution in [0.4, 0.5) is 19.1 Å². The largest absolute Gasteiger partial charge is 0.433 e. The van der Waals surface area contributed by atoms with Crippen LogP contribution in [0.15, 0.2) is 29.1 Å². The number of hydrogen-bond acceptors (Lipinski definition) is 4. The third kappa shape index (κ3) is 3.57. The average molecular weight is 392 g/mol. The molecule has 2 N–H and O–H groups in total. The van der Waals surface area contributed by atoms with Crippen molar-refractivity contribution in [1.82, 2.24) is 19.6 Å². The number of aromatic nitrogens is 4. The molecule has 3 aromatic rings. The lowest BCUT2D eigenvalue weighted by Crippen LogP contribution is -2.20. The molecular weight excluding hydrogens is 382 g/mol. The van der Waals surface area contributed by atoms with Gasteiger partial charge in [0.2, 0.25) is 5.95 Å². The number of alkyl halides is 3. The van der Waals surface area contributed by atoms with Gasteiger partial charge in [-0.1, -0.05) is 29.3 Å². The maximum Gasteiger partial charge on any atom is 0.433 e. The van der Waals surface area contributed by atoms with Gasteiger partial charge in [0, 0.05) is 16.1 Å². The van der Waals surface area contributed by atoms with E-state index in [1.165, 1.54) is 0 Å². The van der Waals surface area contributed by atoms with Crippen molar-refractivity contribution in [2.75, 3.05) is 5.32 Å². The molecule has 0 bridgehead atoms. The van der Waals surface area contributed by atoms with Crippen LogP contribution < -0.4 is 10.9 Å². The number of fused-ring (bicyclic) bond motifs is 1. The second kappa shape index (κ2) is 6.23. The third-order valence-electron chi connectivity index (χ3n) is 3.40. The number of rotatable bonds is 3. The predicted molar refractivity (Wildman–Crippen MR) is 87.1 cm³/mol. The van der Waals surface area contributed by atoms with E-state index in [9.17, 15) is 18.0 Å². The molecule has 2 heterocycles. The van der Waals surface area contributed by atoms with Crippen LogP contribution in [-0.4, -0.2) is 19.6 Å². The highest BCUT2D eigenvalue weighted by atomic mass is 35.5. The van der Waals surface area contributed by atoms with Crippen LogP contribution in [0.5, 0.6) is 0 Å².